The van der Waals surface area contributed by atoms with Crippen LogP contribution < -0.4 is 5.32 Å². The molecule has 0 bridgehead atoms. The topological polar surface area (TPSA) is 24.9 Å². The molecule has 0 fully saturated rings. The van der Waals surface area contributed by atoms with Crippen molar-refractivity contribution in [3.8, 4) is 0 Å². The van der Waals surface area contributed by atoms with Crippen molar-refractivity contribution < 1.29 is 0 Å². The lowest BCUT2D eigenvalue weighted by Crippen LogP contribution is -2.18. The Kier molecular flexibility index (Phi) is 4.53. The van der Waals surface area contributed by atoms with Crippen LogP contribution in [0.1, 0.15) is 11.6 Å². The van der Waals surface area contributed by atoms with Crippen molar-refractivity contribution in [3.63, 3.8) is 0 Å². The van der Waals surface area contributed by atoms with Gasteiger partial charge in [0.2, 0.25) is 0 Å². The first-order valence-corrected chi connectivity index (χ1v) is 8.05. The van der Waals surface area contributed by atoms with Crippen LogP contribution in [0.25, 0.3) is 10.9 Å². The van der Waals surface area contributed by atoms with Gasteiger partial charge in [-0.3, -0.25) is 4.98 Å². The SMILES string of the molecule is CNC(CSc1ccccc1)c1cnc2ccccc2c1. The van der Waals surface area contributed by atoms with Crippen molar-refractivity contribution in [1.29, 1.82) is 0 Å². The van der Waals surface area contributed by atoms with E-state index in [0.29, 0.717) is 6.04 Å². The zero-order chi connectivity index (χ0) is 14.5. The van der Waals surface area contributed by atoms with Crippen LogP contribution in [-0.2, 0) is 0 Å². The highest BCUT2D eigenvalue weighted by Crippen LogP contribution is 2.25. The molecule has 0 saturated heterocycles. The Balaban J connectivity index is 1.78. The number of benzene rings is 2. The summed E-state index contributed by atoms with van der Waals surface area (Å²) < 4.78 is 0. The minimum Gasteiger partial charge on any atom is -0.312 e. The molecule has 1 N–H and O–H groups in total. The quantitative estimate of drug-likeness (QED) is 0.711. The highest BCUT2D eigenvalue weighted by molar-refractivity contribution is 7.99. The molecule has 0 spiro atoms. The molecule has 0 saturated carbocycles. The van der Waals surface area contributed by atoms with Crippen molar-refractivity contribution in [2.75, 3.05) is 12.8 Å². The summed E-state index contributed by atoms with van der Waals surface area (Å²) >= 11 is 1.86. The molecule has 106 valence electrons. The second kappa shape index (κ2) is 6.74. The van der Waals surface area contributed by atoms with Gasteiger partial charge in [0.05, 0.1) is 5.52 Å². The van der Waals surface area contributed by atoms with E-state index in [9.17, 15) is 0 Å². The summed E-state index contributed by atoms with van der Waals surface area (Å²) in [5.41, 5.74) is 2.28. The first-order valence-electron chi connectivity index (χ1n) is 7.06. The normalized spacial score (nSPS) is 12.4. The van der Waals surface area contributed by atoms with Crippen LogP contribution in [0.2, 0.25) is 0 Å². The number of thioether (sulfide) groups is 1. The monoisotopic (exact) mass is 294 g/mol. The Morgan fingerprint density at radius 3 is 2.62 bits per heavy atom. The number of hydrogen-bond acceptors (Lipinski definition) is 3. The maximum absolute atomic E-state index is 4.56. The van der Waals surface area contributed by atoms with E-state index in [4.69, 9.17) is 0 Å². The van der Waals surface area contributed by atoms with Gasteiger partial charge in [0.15, 0.2) is 0 Å². The largest absolute Gasteiger partial charge is 0.312 e. The van der Waals surface area contributed by atoms with Crippen molar-refractivity contribution >= 4 is 22.7 Å². The molecule has 2 aromatic carbocycles. The third-order valence-corrected chi connectivity index (χ3v) is 4.63. The second-order valence-corrected chi connectivity index (χ2v) is 6.02. The molecule has 0 aliphatic heterocycles. The minimum atomic E-state index is 0.298. The molecule has 21 heavy (non-hydrogen) atoms. The molecule has 2 nitrogen and oxygen atoms in total. The van der Waals surface area contributed by atoms with Crippen molar-refractivity contribution in [2.45, 2.75) is 10.9 Å². The average molecular weight is 294 g/mol. The van der Waals surface area contributed by atoms with Gasteiger partial charge < -0.3 is 5.32 Å². The highest BCUT2D eigenvalue weighted by Gasteiger charge is 2.11. The molecule has 3 heteroatoms. The summed E-state index contributed by atoms with van der Waals surface area (Å²) in [5.74, 6) is 0.987. The predicted octanol–water partition coefficient (Wildman–Crippen LogP) is 4.29. The number of fused-ring (bicyclic) bond motifs is 1. The van der Waals surface area contributed by atoms with Gasteiger partial charge in [-0.05, 0) is 36.9 Å². The Labute approximate surface area is 129 Å². The van der Waals surface area contributed by atoms with Gasteiger partial charge in [-0.25, -0.2) is 0 Å². The highest BCUT2D eigenvalue weighted by atomic mass is 32.2. The molecule has 1 heterocycles. The van der Waals surface area contributed by atoms with Gasteiger partial charge in [-0.15, -0.1) is 11.8 Å². The Bertz CT molecular complexity index is 712. The van der Waals surface area contributed by atoms with Crippen LogP contribution in [0.3, 0.4) is 0 Å². The Morgan fingerprint density at radius 1 is 1.05 bits per heavy atom. The maximum atomic E-state index is 4.56. The third-order valence-electron chi connectivity index (χ3n) is 3.52. The first-order chi connectivity index (χ1) is 10.4. The Morgan fingerprint density at radius 2 is 1.81 bits per heavy atom. The Hall–Kier alpha value is -1.84. The summed E-state index contributed by atoms with van der Waals surface area (Å²) in [5, 5.41) is 4.59. The van der Waals surface area contributed by atoms with Gasteiger partial charge in [0.25, 0.3) is 0 Å². The molecule has 1 unspecified atom stereocenters. The van der Waals surface area contributed by atoms with E-state index < -0.39 is 0 Å². The van der Waals surface area contributed by atoms with E-state index in [1.165, 1.54) is 15.8 Å². The molecule has 0 amide bonds. The van der Waals surface area contributed by atoms with E-state index in [2.05, 4.69) is 52.8 Å². The fraction of sp³-hybridized carbons (Fsp3) is 0.167. The van der Waals surface area contributed by atoms with Crippen molar-refractivity contribution in [1.82, 2.24) is 10.3 Å². The number of rotatable bonds is 5. The number of nitrogens with one attached hydrogen (secondary N) is 1. The number of nitrogens with zero attached hydrogens (tertiary/aromatic N) is 1. The number of pyridine rings is 1. The zero-order valence-electron chi connectivity index (χ0n) is 12.0. The lowest BCUT2D eigenvalue weighted by Gasteiger charge is -2.16. The number of para-hydroxylation sites is 1. The van der Waals surface area contributed by atoms with Crippen LogP contribution in [0.15, 0.2) is 71.8 Å². The molecule has 0 aliphatic carbocycles. The standard InChI is InChI=1S/C18H18N2S/c1-19-18(13-21-16-8-3-2-4-9-16)15-11-14-7-5-6-10-17(14)20-12-15/h2-12,18-19H,13H2,1H3. The fourth-order valence-corrected chi connectivity index (χ4v) is 3.39. The second-order valence-electron chi connectivity index (χ2n) is 4.93. The zero-order valence-corrected chi connectivity index (χ0v) is 12.8. The molecular formula is C18H18N2S. The average Bonchev–Trinajstić information content (AvgIpc) is 2.56. The van der Waals surface area contributed by atoms with Crippen LogP contribution in [0, 0.1) is 0 Å². The predicted molar refractivity (Wildman–Crippen MR) is 90.7 cm³/mol. The number of hydrogen-bond donors (Lipinski definition) is 1. The minimum absolute atomic E-state index is 0.298. The van der Waals surface area contributed by atoms with E-state index in [-0.39, 0.29) is 0 Å². The summed E-state index contributed by atoms with van der Waals surface area (Å²) in [6.07, 6.45) is 1.98. The maximum Gasteiger partial charge on any atom is 0.0702 e. The van der Waals surface area contributed by atoms with Crippen LogP contribution in [0.5, 0.6) is 0 Å². The van der Waals surface area contributed by atoms with E-state index in [0.717, 1.165) is 11.3 Å². The molecular weight excluding hydrogens is 276 g/mol. The molecule has 1 aromatic heterocycles. The number of aromatic nitrogens is 1. The van der Waals surface area contributed by atoms with Crippen LogP contribution >= 0.6 is 11.8 Å². The van der Waals surface area contributed by atoms with E-state index in [1.54, 1.807) is 0 Å². The summed E-state index contributed by atoms with van der Waals surface area (Å²) in [4.78, 5) is 5.85. The first kappa shape index (κ1) is 14.1. The van der Waals surface area contributed by atoms with Crippen molar-refractivity contribution in [2.24, 2.45) is 0 Å². The van der Waals surface area contributed by atoms with Gasteiger partial charge in [-0.2, -0.15) is 0 Å². The molecule has 0 radical (unpaired) electrons. The smallest absolute Gasteiger partial charge is 0.0702 e. The third kappa shape index (κ3) is 3.43. The summed E-state index contributed by atoms with van der Waals surface area (Å²) in [6, 6.07) is 21.3. The van der Waals surface area contributed by atoms with Gasteiger partial charge in [0.1, 0.15) is 0 Å². The van der Waals surface area contributed by atoms with E-state index in [1.807, 2.05) is 43.2 Å². The van der Waals surface area contributed by atoms with Crippen LogP contribution in [-0.4, -0.2) is 17.8 Å². The summed E-state index contributed by atoms with van der Waals surface area (Å²) in [7, 11) is 2.01. The molecule has 1 atom stereocenters. The summed E-state index contributed by atoms with van der Waals surface area (Å²) in [6.45, 7) is 0. The lowest BCUT2D eigenvalue weighted by molar-refractivity contribution is 0.660. The van der Waals surface area contributed by atoms with Gasteiger partial charge >= 0.3 is 0 Å². The molecule has 3 rings (SSSR count). The molecule has 3 aromatic rings. The fourth-order valence-electron chi connectivity index (χ4n) is 2.32. The van der Waals surface area contributed by atoms with Crippen LogP contribution in [0.4, 0.5) is 0 Å². The van der Waals surface area contributed by atoms with Crippen molar-refractivity contribution in [3.05, 3.63) is 72.4 Å². The van der Waals surface area contributed by atoms with E-state index >= 15 is 0 Å². The van der Waals surface area contributed by atoms with Gasteiger partial charge in [0, 0.05) is 28.3 Å². The van der Waals surface area contributed by atoms with Gasteiger partial charge in [-0.1, -0.05) is 36.4 Å². The molecule has 0 aliphatic rings. The lowest BCUT2D eigenvalue weighted by atomic mass is 10.1.